The summed E-state index contributed by atoms with van der Waals surface area (Å²) in [4.78, 5) is 12.3. The van der Waals surface area contributed by atoms with Crippen molar-refractivity contribution in [1.29, 1.82) is 0 Å². The Labute approximate surface area is 148 Å². The van der Waals surface area contributed by atoms with E-state index in [1.807, 2.05) is 44.2 Å². The zero-order valence-electron chi connectivity index (χ0n) is 13.4. The molecule has 2 aromatic carbocycles. The maximum absolute atomic E-state index is 12.3. The lowest BCUT2D eigenvalue weighted by molar-refractivity contribution is 0.0997. The van der Waals surface area contributed by atoms with E-state index in [9.17, 15) is 4.79 Å². The van der Waals surface area contributed by atoms with E-state index in [-0.39, 0.29) is 11.7 Å². The third-order valence-electron chi connectivity index (χ3n) is 3.73. The van der Waals surface area contributed by atoms with Crippen LogP contribution in [0.15, 0.2) is 57.4 Å². The number of anilines is 2. The number of furan rings is 1. The molecule has 0 fully saturated rings. The van der Waals surface area contributed by atoms with E-state index in [1.54, 1.807) is 18.2 Å². The second-order valence-corrected chi connectivity index (χ2v) is 6.53. The maximum atomic E-state index is 12.3. The monoisotopic (exact) mass is 384 g/mol. The largest absolute Gasteiger partial charge is 0.451 e. The van der Waals surface area contributed by atoms with E-state index in [1.165, 1.54) is 0 Å². The minimum atomic E-state index is -0.328. The number of carbonyl (C=O) groups is 1. The first kappa shape index (κ1) is 16.3. The van der Waals surface area contributed by atoms with Crippen LogP contribution >= 0.6 is 15.9 Å². The number of nitrogen functional groups attached to an aromatic ring is 1. The zero-order chi connectivity index (χ0) is 17.3. The van der Waals surface area contributed by atoms with Gasteiger partial charge in [-0.3, -0.25) is 4.79 Å². The third-order valence-corrected chi connectivity index (χ3v) is 4.62. The average molecular weight is 385 g/mol. The Morgan fingerprint density at radius 1 is 1.08 bits per heavy atom. The van der Waals surface area contributed by atoms with Gasteiger partial charge in [-0.05, 0) is 61.4 Å². The lowest BCUT2D eigenvalue weighted by atomic mass is 10.1. The summed E-state index contributed by atoms with van der Waals surface area (Å²) in [7, 11) is 0. The number of benzene rings is 2. The normalized spacial score (nSPS) is 10.6. The predicted molar refractivity (Wildman–Crippen MR) is 100 cm³/mol. The minimum absolute atomic E-state index is 0.241. The number of nitrogens with two attached hydrogens (primary N) is 1. The summed E-state index contributed by atoms with van der Waals surface area (Å²) in [5.41, 5.74) is 10.1. The summed E-state index contributed by atoms with van der Waals surface area (Å²) in [6, 6.07) is 14.8. The summed E-state index contributed by atoms with van der Waals surface area (Å²) in [6.07, 6.45) is 0. The van der Waals surface area contributed by atoms with Crippen LogP contribution in [0.25, 0.3) is 11.3 Å². The molecule has 0 bridgehead atoms. The van der Waals surface area contributed by atoms with Crippen LogP contribution < -0.4 is 11.1 Å². The third kappa shape index (κ3) is 3.36. The summed E-state index contributed by atoms with van der Waals surface area (Å²) >= 11 is 3.47. The molecule has 0 saturated carbocycles. The number of carbonyl (C=O) groups excluding carboxylic acids is 1. The summed E-state index contributed by atoms with van der Waals surface area (Å²) < 4.78 is 6.73. The van der Waals surface area contributed by atoms with Gasteiger partial charge in [-0.25, -0.2) is 0 Å². The fourth-order valence-corrected chi connectivity index (χ4v) is 2.64. The summed E-state index contributed by atoms with van der Waals surface area (Å²) in [6.45, 7) is 3.95. The van der Waals surface area contributed by atoms with Gasteiger partial charge in [-0.1, -0.05) is 28.1 Å². The number of nitrogens with one attached hydrogen (secondary N) is 1. The van der Waals surface area contributed by atoms with E-state index in [4.69, 9.17) is 10.2 Å². The van der Waals surface area contributed by atoms with Crippen LogP contribution in [0.2, 0.25) is 0 Å². The molecule has 1 aromatic heterocycles. The van der Waals surface area contributed by atoms with Crippen molar-refractivity contribution in [3.05, 3.63) is 69.9 Å². The lowest BCUT2D eigenvalue weighted by Gasteiger charge is -2.07. The van der Waals surface area contributed by atoms with Crippen molar-refractivity contribution in [2.24, 2.45) is 0 Å². The minimum Gasteiger partial charge on any atom is -0.451 e. The number of amides is 1. The molecule has 0 aliphatic carbocycles. The van der Waals surface area contributed by atoms with Gasteiger partial charge in [0.1, 0.15) is 5.76 Å². The van der Waals surface area contributed by atoms with Gasteiger partial charge in [0, 0.05) is 10.0 Å². The molecular weight excluding hydrogens is 368 g/mol. The number of hydrogen-bond acceptors (Lipinski definition) is 3. The first-order chi connectivity index (χ1) is 11.4. The molecule has 122 valence electrons. The van der Waals surface area contributed by atoms with E-state index in [0.717, 1.165) is 21.2 Å². The SMILES string of the molecule is Cc1ccc(NC(=O)c2ccc(-c3ccc(Br)c(C)c3)o2)c(N)c1. The number of halogens is 1. The van der Waals surface area contributed by atoms with Gasteiger partial charge in [-0.15, -0.1) is 0 Å². The first-order valence-electron chi connectivity index (χ1n) is 7.48. The van der Waals surface area contributed by atoms with Gasteiger partial charge in [-0.2, -0.15) is 0 Å². The molecule has 24 heavy (non-hydrogen) atoms. The van der Waals surface area contributed by atoms with Gasteiger partial charge in [0.2, 0.25) is 0 Å². The predicted octanol–water partition coefficient (Wildman–Crippen LogP) is 5.16. The zero-order valence-corrected chi connectivity index (χ0v) is 15.0. The Bertz CT molecular complexity index is 915. The Hall–Kier alpha value is -2.53. The van der Waals surface area contributed by atoms with E-state index < -0.39 is 0 Å². The highest BCUT2D eigenvalue weighted by molar-refractivity contribution is 9.10. The second kappa shape index (κ2) is 6.53. The average Bonchev–Trinajstić information content (AvgIpc) is 3.03. The van der Waals surface area contributed by atoms with Gasteiger partial charge in [0.25, 0.3) is 5.91 Å². The maximum Gasteiger partial charge on any atom is 0.291 e. The van der Waals surface area contributed by atoms with Crippen molar-refractivity contribution in [3.8, 4) is 11.3 Å². The molecule has 0 unspecified atom stereocenters. The van der Waals surface area contributed by atoms with E-state index >= 15 is 0 Å². The Kier molecular flexibility index (Phi) is 4.44. The van der Waals surface area contributed by atoms with Crippen LogP contribution in [0, 0.1) is 13.8 Å². The molecule has 3 rings (SSSR count). The quantitative estimate of drug-likeness (QED) is 0.612. The van der Waals surface area contributed by atoms with Crippen molar-refractivity contribution in [3.63, 3.8) is 0 Å². The molecule has 0 aliphatic rings. The summed E-state index contributed by atoms with van der Waals surface area (Å²) in [5, 5.41) is 2.77. The Balaban J connectivity index is 1.82. The van der Waals surface area contributed by atoms with Crippen LogP contribution in [0.5, 0.6) is 0 Å². The van der Waals surface area contributed by atoms with Crippen molar-refractivity contribution in [1.82, 2.24) is 0 Å². The van der Waals surface area contributed by atoms with Gasteiger partial charge in [0.15, 0.2) is 5.76 Å². The highest BCUT2D eigenvalue weighted by Crippen LogP contribution is 2.27. The van der Waals surface area contributed by atoms with Crippen LogP contribution in [-0.2, 0) is 0 Å². The van der Waals surface area contributed by atoms with Gasteiger partial charge < -0.3 is 15.5 Å². The highest BCUT2D eigenvalue weighted by Gasteiger charge is 2.14. The molecule has 0 atom stereocenters. The molecule has 3 N–H and O–H groups in total. The number of hydrogen-bond donors (Lipinski definition) is 2. The lowest BCUT2D eigenvalue weighted by Crippen LogP contribution is -2.12. The second-order valence-electron chi connectivity index (χ2n) is 5.67. The molecular formula is C19H17BrN2O2. The first-order valence-corrected chi connectivity index (χ1v) is 8.27. The molecule has 1 heterocycles. The topological polar surface area (TPSA) is 68.3 Å². The molecule has 1 amide bonds. The Morgan fingerprint density at radius 3 is 2.58 bits per heavy atom. The summed E-state index contributed by atoms with van der Waals surface area (Å²) in [5.74, 6) is 0.559. The van der Waals surface area contributed by atoms with Crippen molar-refractivity contribution in [2.45, 2.75) is 13.8 Å². The Morgan fingerprint density at radius 2 is 1.88 bits per heavy atom. The molecule has 5 heteroatoms. The number of rotatable bonds is 3. The van der Waals surface area contributed by atoms with E-state index in [2.05, 4.69) is 21.2 Å². The van der Waals surface area contributed by atoms with Crippen LogP contribution in [-0.4, -0.2) is 5.91 Å². The fraction of sp³-hybridized carbons (Fsp3) is 0.105. The van der Waals surface area contributed by atoms with Crippen molar-refractivity contribution >= 4 is 33.2 Å². The van der Waals surface area contributed by atoms with Crippen LogP contribution in [0.1, 0.15) is 21.7 Å². The smallest absolute Gasteiger partial charge is 0.291 e. The molecule has 0 aliphatic heterocycles. The molecule has 3 aromatic rings. The van der Waals surface area contributed by atoms with Crippen LogP contribution in [0.4, 0.5) is 11.4 Å². The van der Waals surface area contributed by atoms with E-state index in [0.29, 0.717) is 17.1 Å². The van der Waals surface area contributed by atoms with Crippen LogP contribution in [0.3, 0.4) is 0 Å². The highest BCUT2D eigenvalue weighted by atomic mass is 79.9. The molecule has 0 radical (unpaired) electrons. The van der Waals surface area contributed by atoms with Gasteiger partial charge >= 0.3 is 0 Å². The van der Waals surface area contributed by atoms with Crippen molar-refractivity contribution in [2.75, 3.05) is 11.1 Å². The van der Waals surface area contributed by atoms with Gasteiger partial charge in [0.05, 0.1) is 11.4 Å². The van der Waals surface area contributed by atoms with Crippen molar-refractivity contribution < 1.29 is 9.21 Å². The molecule has 0 spiro atoms. The number of aryl methyl sites for hydroxylation is 2. The fourth-order valence-electron chi connectivity index (χ4n) is 2.39. The molecule has 0 saturated heterocycles. The molecule has 4 nitrogen and oxygen atoms in total. The standard InChI is InChI=1S/C19H17BrN2O2/c1-11-3-6-16(15(21)9-11)22-19(23)18-8-7-17(24-18)13-4-5-14(20)12(2)10-13/h3-10H,21H2,1-2H3,(H,22,23).